The number of aryl methyl sites for hydroxylation is 1. The Hall–Kier alpha value is -3.25. The van der Waals surface area contributed by atoms with E-state index in [4.69, 9.17) is 0 Å². The predicted octanol–water partition coefficient (Wildman–Crippen LogP) is 11.0. The zero-order chi connectivity index (χ0) is 35.8. The molecule has 0 nitrogen and oxygen atoms in total. The van der Waals surface area contributed by atoms with E-state index in [9.17, 15) is 79.0 Å². The highest BCUT2D eigenvalue weighted by Gasteiger charge is 2.95. The molecule has 0 fully saturated rings. The maximum Gasteiger partial charge on any atom is 0.460 e. The van der Waals surface area contributed by atoms with Crippen LogP contribution in [-0.4, -0.2) is 47.9 Å². The van der Waals surface area contributed by atoms with E-state index < -0.39 is 47.9 Å². The number of benzene rings is 3. The van der Waals surface area contributed by atoms with Crippen molar-refractivity contribution in [3.63, 3.8) is 0 Å². The highest BCUT2D eigenvalue weighted by atomic mass is 32.2. The average molecular weight is 715 g/mol. The van der Waals surface area contributed by atoms with Crippen LogP contribution in [0.3, 0.4) is 0 Å². The molecule has 0 spiro atoms. The van der Waals surface area contributed by atoms with Crippen LogP contribution in [0.4, 0.5) is 79.0 Å². The summed E-state index contributed by atoms with van der Waals surface area (Å²) in [5.41, 5.74) is 1.30. The summed E-state index contributed by atoms with van der Waals surface area (Å²) in [4.78, 5) is 4.10. The van der Waals surface area contributed by atoms with Gasteiger partial charge in [0.25, 0.3) is 0 Å². The Bertz CT molecular complexity index is 1330. The van der Waals surface area contributed by atoms with Gasteiger partial charge in [-0.05, 0) is 43.3 Å². The van der Waals surface area contributed by atoms with Crippen molar-refractivity contribution < 1.29 is 79.0 Å². The van der Waals surface area contributed by atoms with Gasteiger partial charge < -0.3 is 0 Å². The van der Waals surface area contributed by atoms with Crippen molar-refractivity contribution in [2.75, 3.05) is 0 Å². The summed E-state index contributed by atoms with van der Waals surface area (Å²) in [6, 6.07) is 30.4. The fourth-order valence-electron chi connectivity index (χ4n) is 3.34. The van der Waals surface area contributed by atoms with Crippen molar-refractivity contribution in [3.8, 4) is 0 Å². The van der Waals surface area contributed by atoms with E-state index >= 15 is 0 Å². The SMILES string of the molecule is Cc1ccc([S+](c2ccccc2)c2ccccc2)cc1.FC(F)(F)C(F)(F)C(F)(F)C(F)(F)C(F)(F)C(F)(F)C(F)(F)C(F)(F)F. The Morgan fingerprint density at radius 3 is 0.826 bits per heavy atom. The molecule has 3 aromatic carbocycles. The molecule has 0 heterocycles. The summed E-state index contributed by atoms with van der Waals surface area (Å²) in [7, 11) is -0.0229. The van der Waals surface area contributed by atoms with E-state index in [-0.39, 0.29) is 10.9 Å². The third kappa shape index (κ3) is 6.74. The quantitative estimate of drug-likeness (QED) is 0.161. The molecule has 0 aliphatic carbocycles. The van der Waals surface area contributed by atoms with Crippen LogP contribution < -0.4 is 0 Å². The molecule has 19 heteroatoms. The summed E-state index contributed by atoms with van der Waals surface area (Å²) in [5, 5.41) is 0. The normalized spacial score (nSPS) is 14.2. The van der Waals surface area contributed by atoms with E-state index in [1.807, 2.05) is 0 Å². The van der Waals surface area contributed by atoms with Gasteiger partial charge in [-0.2, -0.15) is 79.0 Å². The minimum Gasteiger partial charge on any atom is -0.192 e. The molecular weight excluding hydrogens is 698 g/mol. The molecule has 0 atom stereocenters. The minimum absolute atomic E-state index is 0.0229. The second-order valence-corrected chi connectivity index (χ2v) is 11.2. The van der Waals surface area contributed by atoms with Crippen molar-refractivity contribution in [2.45, 2.75) is 69.5 Å². The van der Waals surface area contributed by atoms with Crippen molar-refractivity contribution in [1.29, 1.82) is 0 Å². The molecule has 0 radical (unpaired) electrons. The van der Waals surface area contributed by atoms with E-state index in [0.717, 1.165) is 0 Å². The van der Waals surface area contributed by atoms with Crippen molar-refractivity contribution in [1.82, 2.24) is 0 Å². The summed E-state index contributed by atoms with van der Waals surface area (Å²) < 4.78 is 221. The first-order valence-electron chi connectivity index (χ1n) is 11.9. The third-order valence-electron chi connectivity index (χ3n) is 5.90. The summed E-state index contributed by atoms with van der Waals surface area (Å²) in [5.74, 6) is -51.0. The Morgan fingerprint density at radius 2 is 0.565 bits per heavy atom. The lowest BCUT2D eigenvalue weighted by Crippen LogP contribution is -2.74. The number of hydrogen-bond donors (Lipinski definition) is 0. The molecule has 0 N–H and O–H groups in total. The van der Waals surface area contributed by atoms with E-state index in [0.29, 0.717) is 0 Å². The van der Waals surface area contributed by atoms with Gasteiger partial charge in [0.2, 0.25) is 0 Å². The minimum atomic E-state index is -8.72. The maximum absolute atomic E-state index is 12.8. The molecule has 3 aromatic rings. The fourth-order valence-corrected chi connectivity index (χ4v) is 5.42. The molecule has 3 rings (SSSR count). The van der Waals surface area contributed by atoms with Crippen LogP contribution in [-0.2, 0) is 10.9 Å². The monoisotopic (exact) mass is 715 g/mol. The van der Waals surface area contributed by atoms with E-state index in [2.05, 4.69) is 91.9 Å². The Balaban J connectivity index is 0.000000328. The molecule has 0 unspecified atom stereocenters. The number of rotatable bonds is 8. The zero-order valence-corrected chi connectivity index (χ0v) is 23.1. The predicted molar refractivity (Wildman–Crippen MR) is 128 cm³/mol. The number of hydrogen-bond acceptors (Lipinski definition) is 0. The Morgan fingerprint density at radius 1 is 0.326 bits per heavy atom. The Labute approximate surface area is 250 Å². The molecule has 0 amide bonds. The average Bonchev–Trinajstić information content (AvgIpc) is 2.94. The number of alkyl halides is 18. The maximum atomic E-state index is 12.8. The second kappa shape index (κ2) is 12.7. The van der Waals surface area contributed by atoms with Gasteiger partial charge in [0.1, 0.15) is 0 Å². The zero-order valence-electron chi connectivity index (χ0n) is 22.3. The molecule has 0 aromatic heterocycles. The molecule has 46 heavy (non-hydrogen) atoms. The van der Waals surface area contributed by atoms with Crippen LogP contribution in [0.1, 0.15) is 5.56 Å². The molecular formula is C27H17F18S+. The molecule has 0 bridgehead atoms. The van der Waals surface area contributed by atoms with Crippen LogP contribution in [0.25, 0.3) is 0 Å². The summed E-state index contributed by atoms with van der Waals surface area (Å²) in [6.45, 7) is 2.13. The molecule has 0 saturated carbocycles. The van der Waals surface area contributed by atoms with Gasteiger partial charge in [0, 0.05) is 0 Å². The highest BCUT2D eigenvalue weighted by Crippen LogP contribution is 2.64. The largest absolute Gasteiger partial charge is 0.460 e. The van der Waals surface area contributed by atoms with Crippen LogP contribution in [0.5, 0.6) is 0 Å². The Kier molecular flexibility index (Phi) is 10.8. The highest BCUT2D eigenvalue weighted by molar-refractivity contribution is 7.97. The van der Waals surface area contributed by atoms with Crippen LogP contribution in [0, 0.1) is 6.92 Å². The van der Waals surface area contributed by atoms with Gasteiger partial charge in [-0.1, -0.05) is 54.1 Å². The van der Waals surface area contributed by atoms with Gasteiger partial charge in [-0.3, -0.25) is 0 Å². The van der Waals surface area contributed by atoms with Crippen LogP contribution >= 0.6 is 0 Å². The lowest BCUT2D eigenvalue weighted by Gasteiger charge is -2.41. The van der Waals surface area contributed by atoms with Gasteiger partial charge in [0.15, 0.2) is 14.7 Å². The third-order valence-corrected chi connectivity index (χ3v) is 8.13. The molecule has 0 saturated heterocycles. The first-order valence-corrected chi connectivity index (χ1v) is 13.1. The van der Waals surface area contributed by atoms with E-state index in [1.165, 1.54) is 20.2 Å². The molecule has 0 aliphatic rings. The van der Waals surface area contributed by atoms with Gasteiger partial charge in [0.05, 0.1) is 10.9 Å². The van der Waals surface area contributed by atoms with Crippen molar-refractivity contribution in [2.24, 2.45) is 0 Å². The fraction of sp³-hybridized carbons (Fsp3) is 0.333. The lowest BCUT2D eigenvalue weighted by atomic mass is 9.91. The summed E-state index contributed by atoms with van der Waals surface area (Å²) >= 11 is 0. The van der Waals surface area contributed by atoms with E-state index in [1.54, 1.807) is 0 Å². The van der Waals surface area contributed by atoms with Gasteiger partial charge >= 0.3 is 47.9 Å². The van der Waals surface area contributed by atoms with Crippen molar-refractivity contribution >= 4 is 10.9 Å². The lowest BCUT2D eigenvalue weighted by molar-refractivity contribution is -0.468. The standard InChI is InChI=1S/C19H17S.C8F18/c1-16-12-14-19(15-13-16)20(17-8-4-2-5-9-17)18-10-6-3-7-11-18;9-1(10,3(13,14)5(17,18)7(21,22)23)2(11,12)4(15,16)6(19,20)8(24,25)26/h2-15H,1H3;/q+1;. The van der Waals surface area contributed by atoms with Crippen LogP contribution in [0.2, 0.25) is 0 Å². The first kappa shape index (κ1) is 38.9. The van der Waals surface area contributed by atoms with Gasteiger partial charge in [-0.25, -0.2) is 0 Å². The topological polar surface area (TPSA) is 0 Å². The first-order chi connectivity index (χ1) is 20.6. The summed E-state index contributed by atoms with van der Waals surface area (Å²) in [6.07, 6.45) is -15.6. The number of halogens is 18. The van der Waals surface area contributed by atoms with Gasteiger partial charge in [-0.15, -0.1) is 0 Å². The molecule has 256 valence electrons. The van der Waals surface area contributed by atoms with Crippen molar-refractivity contribution in [3.05, 3.63) is 90.5 Å². The second-order valence-electron chi connectivity index (χ2n) is 9.19. The van der Waals surface area contributed by atoms with Crippen LogP contribution in [0.15, 0.2) is 99.6 Å². The molecule has 0 aliphatic heterocycles. The smallest absolute Gasteiger partial charge is 0.192 e.